The highest BCUT2D eigenvalue weighted by atomic mass is 32.2. The summed E-state index contributed by atoms with van der Waals surface area (Å²) in [5.41, 5.74) is 7.63. The van der Waals surface area contributed by atoms with Crippen LogP contribution in [0.5, 0.6) is 0 Å². The van der Waals surface area contributed by atoms with Crippen molar-refractivity contribution in [3.8, 4) is 0 Å². The van der Waals surface area contributed by atoms with Crippen molar-refractivity contribution in [2.45, 2.75) is 31.0 Å². The monoisotopic (exact) mass is 634 g/mol. The van der Waals surface area contributed by atoms with Crippen LogP contribution < -0.4 is 11.1 Å². The van der Waals surface area contributed by atoms with E-state index < -0.39 is 41.3 Å². The van der Waals surface area contributed by atoms with E-state index in [1.54, 1.807) is 12.1 Å². The van der Waals surface area contributed by atoms with Crippen molar-refractivity contribution in [2.24, 2.45) is 10.9 Å². The van der Waals surface area contributed by atoms with Crippen LogP contribution in [0.2, 0.25) is 0 Å². The van der Waals surface area contributed by atoms with Crippen molar-refractivity contribution in [1.29, 1.82) is 0 Å². The molecule has 2 aromatic carbocycles. The van der Waals surface area contributed by atoms with Gasteiger partial charge in [0.1, 0.15) is 30.8 Å². The molecule has 0 bridgehead atoms. The van der Waals surface area contributed by atoms with E-state index >= 15 is 0 Å². The number of oxime groups is 1. The van der Waals surface area contributed by atoms with Gasteiger partial charge in [-0.2, -0.15) is 0 Å². The van der Waals surface area contributed by atoms with Crippen LogP contribution in [-0.2, 0) is 40.0 Å². The van der Waals surface area contributed by atoms with Crippen molar-refractivity contribution in [3.63, 3.8) is 0 Å². The number of benzene rings is 2. The molecule has 0 unspecified atom stereocenters. The number of nitrogens with zero attached hydrogens (tertiary/aromatic N) is 2. The minimum Gasteiger partial charge on any atom is -0.461 e. The first-order chi connectivity index (χ1) is 21.3. The van der Waals surface area contributed by atoms with Crippen molar-refractivity contribution < 1.29 is 33.5 Å². The molecule has 3 aromatic rings. The second-order valence-corrected chi connectivity index (χ2v) is 12.1. The Morgan fingerprint density at radius 1 is 1.05 bits per heavy atom. The second kappa shape index (κ2) is 13.9. The highest BCUT2D eigenvalue weighted by Gasteiger charge is 2.55. The lowest BCUT2D eigenvalue weighted by molar-refractivity contribution is -0.154. The number of nitrogens with two attached hydrogens (primary N) is 1. The number of carbonyl (C=O) groups is 4. The van der Waals surface area contributed by atoms with Crippen molar-refractivity contribution >= 4 is 52.6 Å². The molecule has 3 heterocycles. The van der Waals surface area contributed by atoms with Gasteiger partial charge in [-0.1, -0.05) is 65.8 Å². The van der Waals surface area contributed by atoms with Gasteiger partial charge in [0.05, 0.1) is 4.88 Å². The van der Waals surface area contributed by atoms with E-state index in [1.807, 2.05) is 60.7 Å². The van der Waals surface area contributed by atoms with Gasteiger partial charge in [-0.3, -0.25) is 19.3 Å². The number of hydrogen-bond acceptors (Lipinski definition) is 11. The number of esters is 2. The van der Waals surface area contributed by atoms with Gasteiger partial charge in [0.15, 0.2) is 11.8 Å². The van der Waals surface area contributed by atoms with Crippen molar-refractivity contribution in [2.75, 3.05) is 19.5 Å². The van der Waals surface area contributed by atoms with Crippen LogP contribution in [0.1, 0.15) is 33.9 Å². The maximum absolute atomic E-state index is 13.9. The van der Waals surface area contributed by atoms with Gasteiger partial charge in [0, 0.05) is 29.7 Å². The summed E-state index contributed by atoms with van der Waals surface area (Å²) in [6.07, 6.45) is -0.760. The molecule has 0 aliphatic carbocycles. The molecule has 1 fully saturated rings. The van der Waals surface area contributed by atoms with E-state index in [0.717, 1.165) is 16.0 Å². The topological polar surface area (TPSA) is 150 Å². The summed E-state index contributed by atoms with van der Waals surface area (Å²) in [6.45, 7) is 1.38. The van der Waals surface area contributed by atoms with Crippen LogP contribution in [-0.4, -0.2) is 65.2 Å². The molecule has 2 aliphatic heterocycles. The number of ether oxygens (including phenoxy) is 2. The zero-order valence-corrected chi connectivity index (χ0v) is 25.6. The van der Waals surface area contributed by atoms with Crippen LogP contribution in [0.3, 0.4) is 0 Å². The first-order valence-electron chi connectivity index (χ1n) is 13.6. The number of β-lactam (4-membered cyclic amide) rings is 1. The molecule has 13 heteroatoms. The Hall–Kier alpha value is -4.46. The molecule has 2 amide bonds. The van der Waals surface area contributed by atoms with E-state index in [2.05, 4.69) is 10.5 Å². The quantitative estimate of drug-likeness (QED) is 0.140. The Bertz CT molecular complexity index is 1570. The van der Waals surface area contributed by atoms with E-state index in [9.17, 15) is 19.2 Å². The van der Waals surface area contributed by atoms with Crippen LogP contribution in [0.15, 0.2) is 89.2 Å². The predicted octanol–water partition coefficient (Wildman–Crippen LogP) is 3.11. The average molecular weight is 635 g/mol. The molecule has 3 N–H and O–H groups in total. The van der Waals surface area contributed by atoms with Crippen LogP contribution in [0.25, 0.3) is 0 Å². The number of nitrogens with one attached hydrogen (secondary N) is 1. The fourth-order valence-electron chi connectivity index (χ4n) is 4.83. The third kappa shape index (κ3) is 6.54. The lowest BCUT2D eigenvalue weighted by atomic mass is 10.0. The molecule has 11 nitrogen and oxygen atoms in total. The Morgan fingerprint density at radius 3 is 2.27 bits per heavy atom. The van der Waals surface area contributed by atoms with Gasteiger partial charge in [-0.25, -0.2) is 4.79 Å². The van der Waals surface area contributed by atoms with Crippen molar-refractivity contribution in [1.82, 2.24) is 10.2 Å². The van der Waals surface area contributed by atoms with Crippen LogP contribution in [0.4, 0.5) is 0 Å². The van der Waals surface area contributed by atoms with Gasteiger partial charge in [-0.15, -0.1) is 23.1 Å². The molecule has 5 rings (SSSR count). The Balaban J connectivity index is 1.41. The third-order valence-corrected chi connectivity index (χ3v) is 9.35. The molecule has 1 saturated heterocycles. The minimum absolute atomic E-state index is 0.000937. The maximum atomic E-state index is 13.9. The summed E-state index contributed by atoms with van der Waals surface area (Å²) in [5.74, 6) is -2.13. The number of thiophene rings is 1. The lowest BCUT2D eigenvalue weighted by Crippen LogP contribution is -2.71. The van der Waals surface area contributed by atoms with Crippen LogP contribution in [0, 0.1) is 0 Å². The molecule has 0 saturated carbocycles. The van der Waals surface area contributed by atoms with Gasteiger partial charge in [0.2, 0.25) is 0 Å². The molecule has 0 spiro atoms. The average Bonchev–Trinajstić information content (AvgIpc) is 3.53. The Kier molecular flexibility index (Phi) is 9.78. The first-order valence-corrected chi connectivity index (χ1v) is 15.5. The Labute approximate surface area is 262 Å². The zero-order valence-electron chi connectivity index (χ0n) is 23.9. The summed E-state index contributed by atoms with van der Waals surface area (Å²) < 4.78 is 11.3. The molecule has 44 heavy (non-hydrogen) atoms. The summed E-state index contributed by atoms with van der Waals surface area (Å²) in [6, 6.07) is 21.1. The van der Waals surface area contributed by atoms with Gasteiger partial charge >= 0.3 is 11.9 Å². The number of carbonyl (C=O) groups excluding carboxylic acids is 4. The molecule has 228 valence electrons. The van der Waals surface area contributed by atoms with E-state index in [4.69, 9.17) is 20.0 Å². The summed E-state index contributed by atoms with van der Waals surface area (Å²) in [7, 11) is 1.32. The fraction of sp³-hybridized carbons (Fsp3) is 0.258. The molecular formula is C31H30N4O7S2. The third-order valence-electron chi connectivity index (χ3n) is 6.90. The first kappa shape index (κ1) is 31.0. The maximum Gasteiger partial charge on any atom is 0.356 e. The summed E-state index contributed by atoms with van der Waals surface area (Å²) >= 11 is 2.63. The standard InChI is InChI=1S/C31H30N4O7S2/c1-18(36)41-16-21-17-43-30-25(33-28(37)24(34-40-2)23-14-13-22(15-32)44-23)29(38)35(30)26(21)31(39)42-27(19-9-5-3-6-10-19)20-11-7-4-8-12-20/h3-14,25,27,30H,15-17,32H2,1-2H3,(H,33,37)/t25-,30+/m1/s1. The number of amides is 2. The normalized spacial score (nSPS) is 18.0. The smallest absolute Gasteiger partial charge is 0.356 e. The zero-order chi connectivity index (χ0) is 31.2. The number of thioether (sulfide) groups is 1. The van der Waals surface area contributed by atoms with Crippen molar-refractivity contribution in [3.05, 3.63) is 105 Å². The minimum atomic E-state index is -0.944. The number of fused-ring (bicyclic) bond motifs is 1. The second-order valence-electron chi connectivity index (χ2n) is 9.79. The molecular weight excluding hydrogens is 604 g/mol. The van der Waals surface area contributed by atoms with E-state index in [-0.39, 0.29) is 23.8 Å². The summed E-state index contributed by atoms with van der Waals surface area (Å²) in [4.78, 5) is 60.0. The predicted molar refractivity (Wildman–Crippen MR) is 165 cm³/mol. The lowest BCUT2D eigenvalue weighted by Gasteiger charge is -2.49. The van der Waals surface area contributed by atoms with Gasteiger partial charge < -0.3 is 25.4 Å². The molecule has 0 radical (unpaired) electrons. The van der Waals surface area contributed by atoms with E-state index in [1.165, 1.54) is 42.0 Å². The SMILES string of the molecule is CON=C(C(=O)N[C@@H]1C(=O)N2C(C(=O)OC(c3ccccc3)c3ccccc3)=C(COC(C)=O)CS[C@@H]12)c1ccc(CN)s1. The van der Waals surface area contributed by atoms with Gasteiger partial charge in [0.25, 0.3) is 11.8 Å². The molecule has 2 atom stereocenters. The highest BCUT2D eigenvalue weighted by molar-refractivity contribution is 8.00. The molecule has 1 aromatic heterocycles. The number of rotatable bonds is 11. The largest absolute Gasteiger partial charge is 0.461 e. The number of hydrogen-bond donors (Lipinski definition) is 2. The van der Waals surface area contributed by atoms with E-state index in [0.29, 0.717) is 17.0 Å². The van der Waals surface area contributed by atoms with Gasteiger partial charge in [-0.05, 0) is 23.3 Å². The fourth-order valence-corrected chi connectivity index (χ4v) is 7.02. The Morgan fingerprint density at radius 2 is 1.70 bits per heavy atom. The van der Waals surface area contributed by atoms with Crippen LogP contribution >= 0.6 is 23.1 Å². The summed E-state index contributed by atoms with van der Waals surface area (Å²) in [5, 5.41) is 6.02. The molecule has 2 aliphatic rings. The highest BCUT2D eigenvalue weighted by Crippen LogP contribution is 2.41.